The summed E-state index contributed by atoms with van der Waals surface area (Å²) in [5, 5.41) is 0. The van der Waals surface area contributed by atoms with Crippen LogP contribution in [0.1, 0.15) is 51.7 Å². The zero-order chi connectivity index (χ0) is 20.9. The molecule has 2 aromatic rings. The minimum Gasteiger partial charge on any atom is -0.496 e. The first-order chi connectivity index (χ1) is 13.0. The summed E-state index contributed by atoms with van der Waals surface area (Å²) < 4.78 is 38.7. The van der Waals surface area contributed by atoms with Gasteiger partial charge in [0.1, 0.15) is 18.1 Å². The van der Waals surface area contributed by atoms with Gasteiger partial charge in [0.15, 0.2) is 0 Å². The van der Waals surface area contributed by atoms with E-state index in [1.165, 1.54) is 5.56 Å². The number of benzene rings is 2. The van der Waals surface area contributed by atoms with Crippen molar-refractivity contribution in [2.75, 3.05) is 20.3 Å². The van der Waals surface area contributed by atoms with E-state index in [9.17, 15) is 8.42 Å². The normalized spacial score (nSPS) is 12.2. The van der Waals surface area contributed by atoms with E-state index in [1.807, 2.05) is 38.1 Å². The van der Waals surface area contributed by atoms with E-state index in [1.54, 1.807) is 25.3 Å². The monoisotopic (exact) mass is 405 g/mol. The predicted octanol–water partition coefficient (Wildman–Crippen LogP) is 4.47. The molecule has 0 fully saturated rings. The first kappa shape index (κ1) is 22.2. The topological polar surface area (TPSA) is 64.6 Å². The number of rotatable bonds is 8. The fraction of sp³-hybridized carbons (Fsp3) is 0.455. The third-order valence-corrected chi connectivity index (χ3v) is 5.98. The molecule has 5 nitrogen and oxygen atoms in total. The highest BCUT2D eigenvalue weighted by Crippen LogP contribution is 2.29. The Balaban J connectivity index is 1.96. The quantitative estimate of drug-likeness (QED) is 0.658. The molecule has 0 aliphatic rings. The lowest BCUT2D eigenvalue weighted by atomic mass is 9.87. The van der Waals surface area contributed by atoms with Crippen molar-refractivity contribution in [1.82, 2.24) is 4.72 Å². The molecule has 0 amide bonds. The summed E-state index contributed by atoms with van der Waals surface area (Å²) in [5.74, 6) is 1.57. The van der Waals surface area contributed by atoms with E-state index in [2.05, 4.69) is 25.5 Å². The van der Waals surface area contributed by atoms with E-state index < -0.39 is 10.0 Å². The number of methoxy groups -OCH3 is 1. The zero-order valence-electron chi connectivity index (χ0n) is 17.6. The van der Waals surface area contributed by atoms with Gasteiger partial charge in [-0.15, -0.1) is 0 Å². The predicted molar refractivity (Wildman–Crippen MR) is 113 cm³/mol. The van der Waals surface area contributed by atoms with Crippen molar-refractivity contribution in [3.8, 4) is 11.5 Å². The maximum absolute atomic E-state index is 12.6. The Labute approximate surface area is 169 Å². The molecule has 0 saturated carbocycles. The molecule has 0 atom stereocenters. The second-order valence-corrected chi connectivity index (χ2v) is 9.85. The van der Waals surface area contributed by atoms with Crippen LogP contribution in [0.5, 0.6) is 11.5 Å². The van der Waals surface area contributed by atoms with Crippen LogP contribution >= 0.6 is 0 Å². The minimum atomic E-state index is -3.61. The molecule has 0 radical (unpaired) electrons. The van der Waals surface area contributed by atoms with E-state index in [-0.39, 0.29) is 29.4 Å². The molecule has 0 saturated heterocycles. The maximum atomic E-state index is 12.6. The van der Waals surface area contributed by atoms with Crippen LogP contribution in [0, 0.1) is 0 Å². The molecule has 0 aromatic heterocycles. The van der Waals surface area contributed by atoms with Gasteiger partial charge in [-0.25, -0.2) is 13.1 Å². The van der Waals surface area contributed by atoms with Crippen molar-refractivity contribution in [2.45, 2.75) is 50.8 Å². The SMILES string of the molecule is COc1ccc(S(=O)(=O)NCCOc2ccc(C(C)(C)C)cc2)cc1C(C)C. The summed E-state index contributed by atoms with van der Waals surface area (Å²) in [6.45, 7) is 10.9. The fourth-order valence-corrected chi connectivity index (χ4v) is 3.86. The van der Waals surface area contributed by atoms with Gasteiger partial charge < -0.3 is 9.47 Å². The lowest BCUT2D eigenvalue weighted by Crippen LogP contribution is -2.28. The van der Waals surface area contributed by atoms with E-state index >= 15 is 0 Å². The van der Waals surface area contributed by atoms with Crippen LogP contribution in [0.4, 0.5) is 0 Å². The third-order valence-electron chi connectivity index (χ3n) is 4.52. The molecule has 154 valence electrons. The number of hydrogen-bond acceptors (Lipinski definition) is 4. The van der Waals surface area contributed by atoms with Gasteiger partial charge >= 0.3 is 0 Å². The number of sulfonamides is 1. The molecular formula is C22H31NO4S. The molecule has 0 heterocycles. The Kier molecular flexibility index (Phi) is 7.12. The van der Waals surface area contributed by atoms with Crippen LogP contribution in [0.3, 0.4) is 0 Å². The highest BCUT2D eigenvalue weighted by atomic mass is 32.2. The van der Waals surface area contributed by atoms with Gasteiger partial charge in [0.05, 0.1) is 12.0 Å². The molecule has 0 aliphatic carbocycles. The van der Waals surface area contributed by atoms with Crippen LogP contribution in [0.15, 0.2) is 47.4 Å². The highest BCUT2D eigenvalue weighted by molar-refractivity contribution is 7.89. The summed E-state index contributed by atoms with van der Waals surface area (Å²) in [7, 11) is -2.02. The van der Waals surface area contributed by atoms with Crippen molar-refractivity contribution in [1.29, 1.82) is 0 Å². The second kappa shape index (κ2) is 8.97. The zero-order valence-corrected chi connectivity index (χ0v) is 18.4. The summed E-state index contributed by atoms with van der Waals surface area (Å²) >= 11 is 0. The molecule has 6 heteroatoms. The van der Waals surface area contributed by atoms with Gasteiger partial charge in [-0.1, -0.05) is 46.8 Å². The van der Waals surface area contributed by atoms with Crippen molar-refractivity contribution in [3.05, 3.63) is 53.6 Å². The van der Waals surface area contributed by atoms with Crippen LogP contribution in [-0.4, -0.2) is 28.7 Å². The molecular weight excluding hydrogens is 374 g/mol. The van der Waals surface area contributed by atoms with Crippen molar-refractivity contribution in [2.24, 2.45) is 0 Å². The van der Waals surface area contributed by atoms with Crippen LogP contribution in [0.25, 0.3) is 0 Å². The third kappa shape index (κ3) is 5.72. The minimum absolute atomic E-state index is 0.0847. The number of nitrogens with one attached hydrogen (secondary N) is 1. The van der Waals surface area contributed by atoms with Gasteiger partial charge in [0.2, 0.25) is 10.0 Å². The fourth-order valence-electron chi connectivity index (χ4n) is 2.81. The maximum Gasteiger partial charge on any atom is 0.240 e. The number of hydrogen-bond donors (Lipinski definition) is 1. The Hall–Kier alpha value is -2.05. The van der Waals surface area contributed by atoms with E-state index in [0.29, 0.717) is 5.75 Å². The molecule has 0 aliphatic heterocycles. The first-order valence-corrected chi connectivity index (χ1v) is 10.9. The highest BCUT2D eigenvalue weighted by Gasteiger charge is 2.17. The average Bonchev–Trinajstić information content (AvgIpc) is 2.64. The molecule has 0 unspecified atom stereocenters. The van der Waals surface area contributed by atoms with E-state index in [0.717, 1.165) is 11.3 Å². The van der Waals surface area contributed by atoms with Crippen molar-refractivity contribution >= 4 is 10.0 Å². The second-order valence-electron chi connectivity index (χ2n) is 8.08. The Morgan fingerprint density at radius 2 is 1.68 bits per heavy atom. The van der Waals surface area contributed by atoms with Crippen molar-refractivity contribution < 1.29 is 17.9 Å². The smallest absolute Gasteiger partial charge is 0.240 e. The Bertz CT molecular complexity index is 882. The van der Waals surface area contributed by atoms with Gasteiger partial charge in [-0.3, -0.25) is 0 Å². The summed E-state index contributed by atoms with van der Waals surface area (Å²) in [4.78, 5) is 0.228. The largest absolute Gasteiger partial charge is 0.496 e. The Morgan fingerprint density at radius 3 is 2.21 bits per heavy atom. The first-order valence-electron chi connectivity index (χ1n) is 9.45. The molecule has 2 rings (SSSR count). The number of ether oxygens (including phenoxy) is 2. The van der Waals surface area contributed by atoms with Crippen LogP contribution in [-0.2, 0) is 15.4 Å². The summed E-state index contributed by atoms with van der Waals surface area (Å²) in [6, 6.07) is 12.8. The summed E-state index contributed by atoms with van der Waals surface area (Å²) in [5.41, 5.74) is 2.17. The van der Waals surface area contributed by atoms with Crippen LogP contribution < -0.4 is 14.2 Å². The lowest BCUT2D eigenvalue weighted by molar-refractivity contribution is 0.322. The molecule has 0 bridgehead atoms. The molecule has 2 aromatic carbocycles. The molecule has 28 heavy (non-hydrogen) atoms. The average molecular weight is 406 g/mol. The molecule has 1 N–H and O–H groups in total. The van der Waals surface area contributed by atoms with Gasteiger partial charge in [-0.2, -0.15) is 0 Å². The Morgan fingerprint density at radius 1 is 1.04 bits per heavy atom. The van der Waals surface area contributed by atoms with Gasteiger partial charge in [0, 0.05) is 6.54 Å². The van der Waals surface area contributed by atoms with E-state index in [4.69, 9.17) is 9.47 Å². The lowest BCUT2D eigenvalue weighted by Gasteiger charge is -2.19. The van der Waals surface area contributed by atoms with Gasteiger partial charge in [-0.05, 0) is 52.8 Å². The van der Waals surface area contributed by atoms with Gasteiger partial charge in [0.25, 0.3) is 0 Å². The van der Waals surface area contributed by atoms with Crippen molar-refractivity contribution in [3.63, 3.8) is 0 Å². The van der Waals surface area contributed by atoms with Crippen LogP contribution in [0.2, 0.25) is 0 Å². The standard InChI is InChI=1S/C22H31NO4S/c1-16(2)20-15-19(11-12-21(20)26-6)28(24,25)23-13-14-27-18-9-7-17(8-10-18)22(3,4)5/h7-12,15-16,23H,13-14H2,1-6H3. The summed E-state index contributed by atoms with van der Waals surface area (Å²) in [6.07, 6.45) is 0. The molecule has 0 spiro atoms.